The Kier molecular flexibility index (Phi) is 6.44. The topological polar surface area (TPSA) is 6.48 Å². The summed E-state index contributed by atoms with van der Waals surface area (Å²) in [5.41, 5.74) is 0.356. The molecule has 26 heavy (non-hydrogen) atoms. The molecule has 1 atom stereocenters. The molecule has 0 amide bonds. The van der Waals surface area contributed by atoms with Crippen LogP contribution in [0, 0.1) is 0 Å². The molecule has 0 spiro atoms. The molecule has 2 nitrogen and oxygen atoms in total. The fourth-order valence-corrected chi connectivity index (χ4v) is 4.01. The number of rotatable bonds is 5. The molecule has 0 radical (unpaired) electrons. The van der Waals surface area contributed by atoms with Gasteiger partial charge in [-0.2, -0.15) is 13.2 Å². The standard InChI is InChI=1S/C21H33F3N2/c1-6-25(5)20(12-8-14-26(16-20)19(2,3)4)13-11-17-9-7-10-18(15-17)21(22,23)24/h7,9-10,15H,6,8,11-14,16H2,1-5H3/t20-/m1/s1. The predicted molar refractivity (Wildman–Crippen MR) is 101 cm³/mol. The zero-order valence-corrected chi connectivity index (χ0v) is 16.8. The van der Waals surface area contributed by atoms with E-state index in [0.717, 1.165) is 50.5 Å². The molecule has 1 aliphatic rings. The summed E-state index contributed by atoms with van der Waals surface area (Å²) in [4.78, 5) is 4.92. The number of piperidine rings is 1. The predicted octanol–water partition coefficient (Wildman–Crippen LogP) is 5.22. The average molecular weight is 371 g/mol. The van der Waals surface area contributed by atoms with E-state index in [2.05, 4.69) is 44.5 Å². The van der Waals surface area contributed by atoms with Gasteiger partial charge in [-0.05, 0) is 78.2 Å². The molecule has 1 saturated heterocycles. The van der Waals surface area contributed by atoms with Crippen molar-refractivity contribution in [2.75, 3.05) is 26.7 Å². The SMILES string of the molecule is CCN(C)[C@@]1(CCc2cccc(C(F)(F)F)c2)CCCN(C(C)(C)C)C1. The number of hydrogen-bond donors (Lipinski definition) is 0. The summed E-state index contributed by atoms with van der Waals surface area (Å²) in [6.45, 7) is 11.9. The highest BCUT2D eigenvalue weighted by atomic mass is 19.4. The molecule has 1 aromatic carbocycles. The van der Waals surface area contributed by atoms with Gasteiger partial charge in [0.05, 0.1) is 5.56 Å². The third kappa shape index (κ3) is 5.01. The number of likely N-dealkylation sites (tertiary alicyclic amines) is 1. The first kappa shape index (κ1) is 21.2. The van der Waals surface area contributed by atoms with Crippen molar-refractivity contribution in [3.8, 4) is 0 Å². The summed E-state index contributed by atoms with van der Waals surface area (Å²) >= 11 is 0. The van der Waals surface area contributed by atoms with Crippen molar-refractivity contribution in [3.05, 3.63) is 35.4 Å². The minimum absolute atomic E-state index is 0.0223. The van der Waals surface area contributed by atoms with Crippen molar-refractivity contribution in [2.24, 2.45) is 0 Å². The van der Waals surface area contributed by atoms with Gasteiger partial charge in [-0.3, -0.25) is 9.80 Å². The molecule has 1 heterocycles. The molecule has 1 aliphatic heterocycles. The van der Waals surface area contributed by atoms with Crippen LogP contribution in [0.4, 0.5) is 13.2 Å². The second-order valence-electron chi connectivity index (χ2n) is 8.63. The quantitative estimate of drug-likeness (QED) is 0.701. The van der Waals surface area contributed by atoms with Gasteiger partial charge < -0.3 is 0 Å². The van der Waals surface area contributed by atoms with Crippen molar-refractivity contribution in [1.82, 2.24) is 9.80 Å². The Morgan fingerprint density at radius 3 is 2.46 bits per heavy atom. The average Bonchev–Trinajstić information content (AvgIpc) is 2.58. The van der Waals surface area contributed by atoms with Gasteiger partial charge in [0.15, 0.2) is 0 Å². The Bertz CT molecular complexity index is 592. The smallest absolute Gasteiger partial charge is 0.300 e. The van der Waals surface area contributed by atoms with Crippen LogP contribution in [0.1, 0.15) is 58.1 Å². The lowest BCUT2D eigenvalue weighted by Crippen LogP contribution is -2.61. The van der Waals surface area contributed by atoms with E-state index < -0.39 is 11.7 Å². The van der Waals surface area contributed by atoms with Crippen molar-refractivity contribution >= 4 is 0 Å². The lowest BCUT2D eigenvalue weighted by atomic mass is 9.80. The molecule has 0 unspecified atom stereocenters. The van der Waals surface area contributed by atoms with Crippen LogP contribution >= 0.6 is 0 Å². The summed E-state index contributed by atoms with van der Waals surface area (Å²) in [6, 6.07) is 5.80. The fraction of sp³-hybridized carbons (Fsp3) is 0.714. The first-order chi connectivity index (χ1) is 12.0. The molecule has 0 bridgehead atoms. The second-order valence-corrected chi connectivity index (χ2v) is 8.63. The number of benzene rings is 1. The van der Waals surface area contributed by atoms with E-state index in [4.69, 9.17) is 0 Å². The largest absolute Gasteiger partial charge is 0.416 e. The van der Waals surface area contributed by atoms with E-state index in [-0.39, 0.29) is 11.1 Å². The number of alkyl halides is 3. The molecule has 1 fully saturated rings. The molecular formula is C21H33F3N2. The van der Waals surface area contributed by atoms with Gasteiger partial charge in [-0.1, -0.05) is 25.1 Å². The highest BCUT2D eigenvalue weighted by Gasteiger charge is 2.41. The molecule has 5 heteroatoms. The van der Waals surface area contributed by atoms with E-state index in [1.165, 1.54) is 12.1 Å². The molecule has 2 rings (SSSR count). The summed E-state index contributed by atoms with van der Waals surface area (Å²) in [6.07, 6.45) is -0.494. The van der Waals surface area contributed by atoms with Crippen LogP contribution in [0.3, 0.4) is 0 Å². The highest BCUT2D eigenvalue weighted by molar-refractivity contribution is 5.26. The van der Waals surface area contributed by atoms with Crippen LogP contribution in [-0.4, -0.2) is 47.6 Å². The number of halogens is 3. The zero-order chi connectivity index (χ0) is 19.6. The van der Waals surface area contributed by atoms with E-state index in [1.54, 1.807) is 0 Å². The maximum absolute atomic E-state index is 13.0. The molecule has 1 aromatic rings. The summed E-state index contributed by atoms with van der Waals surface area (Å²) in [5, 5.41) is 0. The number of nitrogens with zero attached hydrogens (tertiary/aromatic N) is 2. The van der Waals surface area contributed by atoms with Crippen LogP contribution in [-0.2, 0) is 12.6 Å². The summed E-state index contributed by atoms with van der Waals surface area (Å²) in [5.74, 6) is 0. The van der Waals surface area contributed by atoms with Crippen LogP contribution < -0.4 is 0 Å². The second kappa shape index (κ2) is 7.89. The molecule has 0 saturated carbocycles. The summed E-state index contributed by atoms with van der Waals surface area (Å²) < 4.78 is 39.0. The van der Waals surface area contributed by atoms with Crippen LogP contribution in [0.25, 0.3) is 0 Å². The van der Waals surface area contributed by atoms with Gasteiger partial charge in [0.1, 0.15) is 0 Å². The lowest BCUT2D eigenvalue weighted by molar-refractivity contribution is -0.137. The van der Waals surface area contributed by atoms with Crippen molar-refractivity contribution in [2.45, 2.75) is 70.6 Å². The normalized spacial score (nSPS) is 22.8. The number of likely N-dealkylation sites (N-methyl/N-ethyl adjacent to an activating group) is 1. The van der Waals surface area contributed by atoms with E-state index >= 15 is 0 Å². The van der Waals surface area contributed by atoms with Gasteiger partial charge in [-0.25, -0.2) is 0 Å². The van der Waals surface area contributed by atoms with Crippen molar-refractivity contribution in [3.63, 3.8) is 0 Å². The molecule has 0 aliphatic carbocycles. The Hall–Kier alpha value is -1.07. The fourth-order valence-electron chi connectivity index (χ4n) is 4.01. The third-order valence-corrected chi connectivity index (χ3v) is 5.92. The van der Waals surface area contributed by atoms with Gasteiger partial charge >= 0.3 is 6.18 Å². The monoisotopic (exact) mass is 370 g/mol. The highest BCUT2D eigenvalue weighted by Crippen LogP contribution is 2.35. The Morgan fingerprint density at radius 1 is 1.19 bits per heavy atom. The van der Waals surface area contributed by atoms with Gasteiger partial charge in [-0.15, -0.1) is 0 Å². The molecular weight excluding hydrogens is 337 g/mol. The zero-order valence-electron chi connectivity index (χ0n) is 16.8. The lowest BCUT2D eigenvalue weighted by Gasteiger charge is -2.52. The van der Waals surface area contributed by atoms with E-state index in [0.29, 0.717) is 6.42 Å². The van der Waals surface area contributed by atoms with Crippen LogP contribution in [0.5, 0.6) is 0 Å². The Balaban J connectivity index is 2.19. The van der Waals surface area contributed by atoms with E-state index in [9.17, 15) is 13.2 Å². The number of hydrogen-bond acceptors (Lipinski definition) is 2. The van der Waals surface area contributed by atoms with Crippen molar-refractivity contribution < 1.29 is 13.2 Å². The maximum Gasteiger partial charge on any atom is 0.416 e. The first-order valence-electron chi connectivity index (χ1n) is 9.60. The Labute approximate surface area is 156 Å². The van der Waals surface area contributed by atoms with Crippen molar-refractivity contribution in [1.29, 1.82) is 0 Å². The summed E-state index contributed by atoms with van der Waals surface area (Å²) in [7, 11) is 2.15. The first-order valence-corrected chi connectivity index (χ1v) is 9.60. The molecule has 148 valence electrons. The number of aryl methyl sites for hydroxylation is 1. The van der Waals surface area contributed by atoms with Gasteiger partial charge in [0, 0.05) is 17.6 Å². The Morgan fingerprint density at radius 2 is 1.88 bits per heavy atom. The van der Waals surface area contributed by atoms with Gasteiger partial charge in [0.25, 0.3) is 0 Å². The molecule has 0 aromatic heterocycles. The maximum atomic E-state index is 13.0. The van der Waals surface area contributed by atoms with Crippen LogP contribution in [0.2, 0.25) is 0 Å². The van der Waals surface area contributed by atoms with Gasteiger partial charge in [0.2, 0.25) is 0 Å². The van der Waals surface area contributed by atoms with E-state index in [1.807, 2.05) is 6.07 Å². The van der Waals surface area contributed by atoms with Crippen LogP contribution in [0.15, 0.2) is 24.3 Å². The molecule has 0 N–H and O–H groups in total. The third-order valence-electron chi connectivity index (χ3n) is 5.92. The minimum Gasteiger partial charge on any atom is -0.300 e. The minimum atomic E-state index is -4.28.